The van der Waals surface area contributed by atoms with Crippen molar-refractivity contribution < 1.29 is 5.11 Å². The standard InChI is InChI=1S/C12H24NO.In.2H/c1-3-4-5-6-7-11(2)13-9-8-12(14)10-13;;;/h11-12,14H,2-10H2,1H3;;;. The van der Waals surface area contributed by atoms with Crippen molar-refractivity contribution in [1.29, 1.82) is 0 Å². The summed E-state index contributed by atoms with van der Waals surface area (Å²) in [5.41, 5.74) is 0. The molecule has 15 heavy (non-hydrogen) atoms. The molecule has 1 heterocycles. The number of hydrogen-bond donors (Lipinski definition) is 1. The van der Waals surface area contributed by atoms with Crippen molar-refractivity contribution in [3.05, 3.63) is 0 Å². The number of rotatable bonds is 7. The number of aliphatic hydroxyl groups is 1. The first-order chi connectivity index (χ1) is 7.27. The van der Waals surface area contributed by atoms with Crippen LogP contribution in [0.15, 0.2) is 0 Å². The Bertz CT molecular complexity index is 166. The van der Waals surface area contributed by atoms with E-state index in [0.717, 1.165) is 49.9 Å². The van der Waals surface area contributed by atoms with Crippen molar-refractivity contribution in [2.24, 2.45) is 0 Å². The summed E-state index contributed by atoms with van der Waals surface area (Å²) in [6.45, 7) is 4.35. The van der Waals surface area contributed by atoms with Crippen LogP contribution >= 0.6 is 0 Å². The van der Waals surface area contributed by atoms with Crippen LogP contribution in [0.5, 0.6) is 0 Å². The molecular weight excluding hydrogens is 289 g/mol. The molecule has 1 aliphatic heterocycles. The third-order valence-electron chi connectivity index (χ3n) is 3.57. The summed E-state index contributed by atoms with van der Waals surface area (Å²) < 4.78 is 1.44. The molecule has 0 aliphatic carbocycles. The Hall–Kier alpha value is 0.790. The number of nitrogens with zero attached hydrogens (tertiary/aromatic N) is 1. The summed E-state index contributed by atoms with van der Waals surface area (Å²) in [7, 11) is 0. The molecule has 0 aromatic carbocycles. The normalized spacial score (nSPS) is 24.5. The molecule has 2 nitrogen and oxygen atoms in total. The summed E-state index contributed by atoms with van der Waals surface area (Å²) in [6, 6.07) is 0.815. The molecule has 1 N–H and O–H groups in total. The van der Waals surface area contributed by atoms with Gasteiger partial charge in [0.2, 0.25) is 0 Å². The van der Waals surface area contributed by atoms with Gasteiger partial charge in [-0.1, -0.05) is 0 Å². The van der Waals surface area contributed by atoms with Crippen molar-refractivity contribution >= 4 is 24.4 Å². The summed E-state index contributed by atoms with van der Waals surface area (Å²) in [4.78, 5) is 2.54. The fourth-order valence-electron chi connectivity index (χ4n) is 2.55. The van der Waals surface area contributed by atoms with Gasteiger partial charge in [0.15, 0.2) is 0 Å². The number of aliphatic hydroxyl groups excluding tert-OH is 1. The molecule has 0 spiro atoms. The molecule has 0 bridgehead atoms. The zero-order chi connectivity index (χ0) is 11.1. The van der Waals surface area contributed by atoms with Crippen molar-refractivity contribution in [1.82, 2.24) is 4.90 Å². The zero-order valence-corrected chi connectivity index (χ0v) is 16.1. The number of hydrogen-bond acceptors (Lipinski definition) is 2. The summed E-state index contributed by atoms with van der Waals surface area (Å²) in [6.07, 6.45) is 7.86. The molecule has 1 aliphatic rings. The molecule has 0 amide bonds. The fraction of sp³-hybridized carbons (Fsp3) is 1.00. The van der Waals surface area contributed by atoms with Gasteiger partial charge in [-0.15, -0.1) is 0 Å². The van der Waals surface area contributed by atoms with E-state index in [1.54, 1.807) is 0 Å². The van der Waals surface area contributed by atoms with E-state index in [4.69, 9.17) is 0 Å². The van der Waals surface area contributed by atoms with Crippen LogP contribution in [-0.4, -0.2) is 59.6 Å². The SMILES string of the molecule is CCCCCCC([CH2][InH2])N1CCC(O)C1. The monoisotopic (exact) mass is 315 g/mol. The van der Waals surface area contributed by atoms with Crippen molar-refractivity contribution in [2.75, 3.05) is 13.1 Å². The molecular formula is C12H26InNO. The van der Waals surface area contributed by atoms with Gasteiger partial charge >= 0.3 is 109 Å². The molecule has 1 saturated heterocycles. The van der Waals surface area contributed by atoms with Gasteiger partial charge in [0.05, 0.1) is 0 Å². The summed E-state index contributed by atoms with van der Waals surface area (Å²) >= 11 is 0.796. The average Bonchev–Trinajstić information content (AvgIpc) is 2.65. The van der Waals surface area contributed by atoms with Crippen LogP contribution in [-0.2, 0) is 0 Å². The molecule has 1 fully saturated rings. The third-order valence-corrected chi connectivity index (χ3v) is 6.26. The molecule has 0 saturated carbocycles. The van der Waals surface area contributed by atoms with E-state index in [0.29, 0.717) is 0 Å². The van der Waals surface area contributed by atoms with Crippen LogP contribution in [0.25, 0.3) is 0 Å². The maximum absolute atomic E-state index is 9.53. The van der Waals surface area contributed by atoms with E-state index in [1.807, 2.05) is 0 Å². The van der Waals surface area contributed by atoms with Crippen LogP contribution in [0.1, 0.15) is 45.4 Å². The van der Waals surface area contributed by atoms with E-state index in [1.165, 1.54) is 36.3 Å². The molecule has 88 valence electrons. The first-order valence-electron chi connectivity index (χ1n) is 6.70. The van der Waals surface area contributed by atoms with Gasteiger partial charge in [-0.25, -0.2) is 0 Å². The van der Waals surface area contributed by atoms with Crippen LogP contribution in [0.3, 0.4) is 0 Å². The van der Waals surface area contributed by atoms with E-state index < -0.39 is 0 Å². The molecule has 1 rings (SSSR count). The first kappa shape index (κ1) is 13.9. The van der Waals surface area contributed by atoms with E-state index >= 15 is 0 Å². The molecule has 0 aromatic rings. The number of likely N-dealkylation sites (tertiary alicyclic amines) is 1. The quantitative estimate of drug-likeness (QED) is 0.719. The molecule has 2 atom stereocenters. The summed E-state index contributed by atoms with van der Waals surface area (Å²) in [5.74, 6) is 0. The van der Waals surface area contributed by atoms with E-state index in [2.05, 4.69) is 11.8 Å². The van der Waals surface area contributed by atoms with Crippen LogP contribution in [0.4, 0.5) is 0 Å². The fourth-order valence-corrected chi connectivity index (χ4v) is 5.19. The van der Waals surface area contributed by atoms with Gasteiger partial charge in [-0.3, -0.25) is 0 Å². The van der Waals surface area contributed by atoms with Crippen molar-refractivity contribution in [2.45, 2.75) is 61.8 Å². The third kappa shape index (κ3) is 5.10. The molecule has 0 radical (unpaired) electrons. The zero-order valence-electron chi connectivity index (χ0n) is 10.4. The Labute approximate surface area is 109 Å². The second kappa shape index (κ2) is 7.97. The van der Waals surface area contributed by atoms with Crippen LogP contribution < -0.4 is 0 Å². The van der Waals surface area contributed by atoms with Crippen molar-refractivity contribution in [3.63, 3.8) is 0 Å². The van der Waals surface area contributed by atoms with Gasteiger partial charge in [-0.05, 0) is 0 Å². The Kier molecular flexibility index (Phi) is 7.36. The molecule has 2 unspecified atom stereocenters. The Balaban J connectivity index is 2.17. The second-order valence-corrected chi connectivity index (χ2v) is 7.18. The van der Waals surface area contributed by atoms with E-state index in [9.17, 15) is 5.11 Å². The van der Waals surface area contributed by atoms with Gasteiger partial charge in [0.1, 0.15) is 0 Å². The Morgan fingerprint density at radius 2 is 2.20 bits per heavy atom. The van der Waals surface area contributed by atoms with Gasteiger partial charge < -0.3 is 0 Å². The predicted octanol–water partition coefficient (Wildman–Crippen LogP) is 1.44. The average molecular weight is 315 g/mol. The number of β-amino-alcohol motifs (C(OH)–C–C–N with tert-alkyl or cyclic N) is 1. The Morgan fingerprint density at radius 3 is 2.73 bits per heavy atom. The van der Waals surface area contributed by atoms with Crippen LogP contribution in [0, 0.1) is 0 Å². The predicted molar refractivity (Wildman–Crippen MR) is 68.1 cm³/mol. The maximum atomic E-state index is 9.53. The number of unbranched alkanes of at least 4 members (excludes halogenated alkanes) is 3. The topological polar surface area (TPSA) is 23.5 Å². The van der Waals surface area contributed by atoms with E-state index in [-0.39, 0.29) is 6.10 Å². The van der Waals surface area contributed by atoms with Gasteiger partial charge in [0.25, 0.3) is 0 Å². The molecule has 3 heteroatoms. The minimum absolute atomic E-state index is 0.0371. The van der Waals surface area contributed by atoms with Crippen molar-refractivity contribution in [3.8, 4) is 0 Å². The molecule has 0 aromatic heterocycles. The van der Waals surface area contributed by atoms with Crippen LogP contribution in [0.2, 0.25) is 4.18 Å². The second-order valence-electron chi connectivity index (χ2n) is 4.85. The minimum atomic E-state index is -0.0371. The van der Waals surface area contributed by atoms with Gasteiger partial charge in [-0.2, -0.15) is 0 Å². The first-order valence-corrected chi connectivity index (χ1v) is 10.7. The summed E-state index contributed by atoms with van der Waals surface area (Å²) in [5, 5.41) is 9.53. The Morgan fingerprint density at radius 1 is 1.40 bits per heavy atom. The van der Waals surface area contributed by atoms with Gasteiger partial charge in [0, 0.05) is 0 Å².